The summed E-state index contributed by atoms with van der Waals surface area (Å²) in [6.45, 7) is 10.4. The Morgan fingerprint density at radius 3 is 2.06 bits per heavy atom. The topological polar surface area (TPSA) is 78.4 Å². The van der Waals surface area contributed by atoms with Gasteiger partial charge in [0.1, 0.15) is 6.04 Å². The maximum Gasteiger partial charge on any atom is 0.326 e. The van der Waals surface area contributed by atoms with E-state index in [1.807, 2.05) is 0 Å². The zero-order valence-corrected chi connectivity index (χ0v) is 12.0. The molecule has 18 heavy (non-hydrogen) atoms. The highest BCUT2D eigenvalue weighted by molar-refractivity contribution is 5.82. The Labute approximate surface area is 109 Å². The number of carboxylic acids is 1. The Hall–Kier alpha value is -1.26. The average Bonchev–Trinajstić information content (AvgIpc) is 2.21. The Morgan fingerprint density at radius 2 is 1.67 bits per heavy atom. The second kappa shape index (κ2) is 7.95. The van der Waals surface area contributed by atoms with Gasteiger partial charge in [-0.2, -0.15) is 0 Å². The predicted molar refractivity (Wildman–Crippen MR) is 71.4 cm³/mol. The van der Waals surface area contributed by atoms with Crippen molar-refractivity contribution >= 4 is 12.0 Å². The largest absolute Gasteiger partial charge is 0.480 e. The van der Waals surface area contributed by atoms with Crippen LogP contribution >= 0.6 is 0 Å². The molecule has 2 amide bonds. The molecule has 0 aliphatic rings. The van der Waals surface area contributed by atoms with Crippen molar-refractivity contribution in [2.24, 2.45) is 17.8 Å². The van der Waals surface area contributed by atoms with Gasteiger partial charge in [0.25, 0.3) is 0 Å². The quantitative estimate of drug-likeness (QED) is 0.654. The molecule has 5 nitrogen and oxygen atoms in total. The van der Waals surface area contributed by atoms with Gasteiger partial charge in [-0.15, -0.1) is 0 Å². The number of carboxylic acid groups (broad SMARTS) is 1. The molecule has 106 valence electrons. The normalized spacial score (nSPS) is 14.4. The van der Waals surface area contributed by atoms with Crippen LogP contribution < -0.4 is 10.6 Å². The molecule has 0 bridgehead atoms. The third-order valence-electron chi connectivity index (χ3n) is 2.70. The third-order valence-corrected chi connectivity index (χ3v) is 2.70. The van der Waals surface area contributed by atoms with Crippen LogP contribution in [-0.4, -0.2) is 29.7 Å². The molecule has 2 atom stereocenters. The van der Waals surface area contributed by atoms with Gasteiger partial charge in [0.2, 0.25) is 0 Å². The lowest BCUT2D eigenvalue weighted by molar-refractivity contribution is -0.140. The molecule has 0 radical (unpaired) electrons. The smallest absolute Gasteiger partial charge is 0.326 e. The molecule has 0 fully saturated rings. The number of rotatable bonds is 7. The highest BCUT2D eigenvalue weighted by Gasteiger charge is 2.23. The van der Waals surface area contributed by atoms with Gasteiger partial charge in [-0.3, -0.25) is 0 Å². The third kappa shape index (κ3) is 7.14. The Balaban J connectivity index is 4.06. The number of urea groups is 1. The molecule has 2 unspecified atom stereocenters. The predicted octanol–water partition coefficient (Wildman–Crippen LogP) is 2.08. The van der Waals surface area contributed by atoms with Crippen molar-refractivity contribution in [1.82, 2.24) is 10.6 Å². The van der Waals surface area contributed by atoms with E-state index in [0.717, 1.165) is 6.42 Å². The molecule has 0 aromatic rings. The van der Waals surface area contributed by atoms with Gasteiger partial charge in [0.05, 0.1) is 0 Å². The van der Waals surface area contributed by atoms with E-state index in [0.29, 0.717) is 18.4 Å². The fraction of sp³-hybridized carbons (Fsp3) is 0.846. The minimum Gasteiger partial charge on any atom is -0.480 e. The second-order valence-corrected chi connectivity index (χ2v) is 5.65. The monoisotopic (exact) mass is 258 g/mol. The number of nitrogens with one attached hydrogen (secondary N) is 2. The van der Waals surface area contributed by atoms with Crippen LogP contribution in [0.15, 0.2) is 0 Å². The van der Waals surface area contributed by atoms with Crippen LogP contribution in [-0.2, 0) is 4.79 Å². The number of hydrogen-bond acceptors (Lipinski definition) is 2. The van der Waals surface area contributed by atoms with Crippen molar-refractivity contribution in [3.63, 3.8) is 0 Å². The van der Waals surface area contributed by atoms with Crippen molar-refractivity contribution in [1.29, 1.82) is 0 Å². The van der Waals surface area contributed by atoms with E-state index in [1.54, 1.807) is 13.8 Å². The zero-order valence-electron chi connectivity index (χ0n) is 12.0. The zero-order chi connectivity index (χ0) is 14.3. The lowest BCUT2D eigenvalue weighted by Crippen LogP contribution is -2.49. The maximum absolute atomic E-state index is 11.6. The highest BCUT2D eigenvalue weighted by Crippen LogP contribution is 2.09. The molecule has 0 aromatic heterocycles. The van der Waals surface area contributed by atoms with Crippen LogP contribution in [0.1, 0.15) is 41.0 Å². The lowest BCUT2D eigenvalue weighted by atomic mass is 9.99. The van der Waals surface area contributed by atoms with E-state index in [9.17, 15) is 9.59 Å². The number of amides is 2. The van der Waals surface area contributed by atoms with E-state index in [-0.39, 0.29) is 5.92 Å². The Morgan fingerprint density at radius 1 is 1.11 bits per heavy atom. The number of hydrogen-bond donors (Lipinski definition) is 3. The van der Waals surface area contributed by atoms with E-state index >= 15 is 0 Å². The van der Waals surface area contributed by atoms with Gasteiger partial charge in [0, 0.05) is 6.54 Å². The average molecular weight is 258 g/mol. The first-order valence-electron chi connectivity index (χ1n) is 6.51. The lowest BCUT2D eigenvalue weighted by Gasteiger charge is -2.20. The Bertz CT molecular complexity index is 277. The first-order chi connectivity index (χ1) is 8.23. The summed E-state index contributed by atoms with van der Waals surface area (Å²) in [4.78, 5) is 22.5. The van der Waals surface area contributed by atoms with Gasteiger partial charge in [-0.05, 0) is 24.2 Å². The summed E-state index contributed by atoms with van der Waals surface area (Å²) >= 11 is 0. The molecule has 0 spiro atoms. The van der Waals surface area contributed by atoms with Crippen molar-refractivity contribution in [2.45, 2.75) is 47.1 Å². The summed E-state index contributed by atoms with van der Waals surface area (Å²) in [5, 5.41) is 14.1. The highest BCUT2D eigenvalue weighted by atomic mass is 16.4. The van der Waals surface area contributed by atoms with Crippen LogP contribution in [0.2, 0.25) is 0 Å². The van der Waals surface area contributed by atoms with Crippen molar-refractivity contribution in [3.05, 3.63) is 0 Å². The summed E-state index contributed by atoms with van der Waals surface area (Å²) in [5.41, 5.74) is 0. The number of carbonyl (C=O) groups excluding carboxylic acids is 1. The van der Waals surface area contributed by atoms with Crippen LogP contribution in [0.25, 0.3) is 0 Å². The molecule has 3 N–H and O–H groups in total. The van der Waals surface area contributed by atoms with Crippen LogP contribution in [0.4, 0.5) is 4.79 Å². The van der Waals surface area contributed by atoms with Crippen LogP contribution in [0.3, 0.4) is 0 Å². The fourth-order valence-corrected chi connectivity index (χ4v) is 1.86. The molecular weight excluding hydrogens is 232 g/mol. The first kappa shape index (κ1) is 16.7. The summed E-state index contributed by atoms with van der Waals surface area (Å²) in [5.74, 6) is -0.165. The van der Waals surface area contributed by atoms with Crippen LogP contribution in [0, 0.1) is 17.8 Å². The van der Waals surface area contributed by atoms with E-state index in [1.165, 1.54) is 0 Å². The molecule has 0 aliphatic heterocycles. The minimum atomic E-state index is -1.00. The fourth-order valence-electron chi connectivity index (χ4n) is 1.86. The first-order valence-corrected chi connectivity index (χ1v) is 6.51. The molecule has 0 saturated carbocycles. The molecular formula is C13H26N2O3. The van der Waals surface area contributed by atoms with Gasteiger partial charge < -0.3 is 15.7 Å². The summed E-state index contributed by atoms with van der Waals surface area (Å²) in [6, 6.07) is -1.25. The van der Waals surface area contributed by atoms with Crippen molar-refractivity contribution in [2.75, 3.05) is 6.54 Å². The van der Waals surface area contributed by atoms with E-state index in [2.05, 4.69) is 31.4 Å². The van der Waals surface area contributed by atoms with Gasteiger partial charge in [-0.1, -0.05) is 34.6 Å². The second-order valence-electron chi connectivity index (χ2n) is 5.65. The number of carbonyl (C=O) groups is 2. The van der Waals surface area contributed by atoms with Gasteiger partial charge in [0.15, 0.2) is 0 Å². The minimum absolute atomic E-state index is 0.138. The van der Waals surface area contributed by atoms with Gasteiger partial charge in [-0.25, -0.2) is 9.59 Å². The molecule has 0 rings (SSSR count). The maximum atomic E-state index is 11.6. The summed E-state index contributed by atoms with van der Waals surface area (Å²) in [6.07, 6.45) is 1.03. The molecule has 0 aliphatic carbocycles. The standard InChI is InChI=1S/C13H26N2O3/c1-8(2)6-10(5)7-14-13(18)15-11(9(3)4)12(16)17/h8-11H,6-7H2,1-5H3,(H,16,17)(H2,14,15,18). The summed E-state index contributed by atoms with van der Waals surface area (Å²) < 4.78 is 0. The molecule has 5 heteroatoms. The van der Waals surface area contributed by atoms with Crippen LogP contribution in [0.5, 0.6) is 0 Å². The Kier molecular flexibility index (Phi) is 7.39. The van der Waals surface area contributed by atoms with E-state index < -0.39 is 18.0 Å². The molecule has 0 heterocycles. The van der Waals surface area contributed by atoms with Crippen molar-refractivity contribution in [3.8, 4) is 0 Å². The molecule has 0 aromatic carbocycles. The van der Waals surface area contributed by atoms with Gasteiger partial charge >= 0.3 is 12.0 Å². The summed E-state index contributed by atoms with van der Waals surface area (Å²) in [7, 11) is 0. The van der Waals surface area contributed by atoms with E-state index in [4.69, 9.17) is 5.11 Å². The molecule has 0 saturated heterocycles. The van der Waals surface area contributed by atoms with Crippen molar-refractivity contribution < 1.29 is 14.7 Å². The number of aliphatic carboxylic acids is 1. The SMILES string of the molecule is CC(C)CC(C)CNC(=O)NC(C(=O)O)C(C)C.